The molecule has 1 aliphatic rings. The molecular weight excluding hydrogens is 396 g/mol. The third-order valence-corrected chi connectivity index (χ3v) is 5.82. The van der Waals surface area contributed by atoms with Gasteiger partial charge in [-0.3, -0.25) is 0 Å². The zero-order valence-corrected chi connectivity index (χ0v) is 17.5. The number of benzene rings is 4. The summed E-state index contributed by atoms with van der Waals surface area (Å²) in [7, 11) is 0. The summed E-state index contributed by atoms with van der Waals surface area (Å²) >= 11 is 0. The van der Waals surface area contributed by atoms with Crippen LogP contribution in [-0.2, 0) is 5.41 Å². The lowest BCUT2D eigenvalue weighted by atomic mass is 9.63. The molecule has 4 aromatic carbocycles. The second-order valence-corrected chi connectivity index (χ2v) is 7.46. The zero-order valence-electron chi connectivity index (χ0n) is 17.5. The van der Waals surface area contributed by atoms with Gasteiger partial charge in [0.2, 0.25) is 0 Å². The van der Waals surface area contributed by atoms with Crippen molar-refractivity contribution in [2.24, 2.45) is 0 Å². The third-order valence-electron chi connectivity index (χ3n) is 5.82. The molecule has 0 aromatic heterocycles. The predicted octanol–water partition coefficient (Wildman–Crippen LogP) is 7.22. The fourth-order valence-electron chi connectivity index (χ4n) is 4.54. The maximum atomic E-state index is 6.32. The summed E-state index contributed by atoms with van der Waals surface area (Å²) in [5, 5.41) is 0. The van der Waals surface area contributed by atoms with E-state index >= 15 is 0 Å². The van der Waals surface area contributed by atoms with Crippen LogP contribution in [0, 0.1) is 0 Å². The van der Waals surface area contributed by atoms with Crippen molar-refractivity contribution in [2.75, 3.05) is 0 Å². The molecule has 0 aliphatic carbocycles. The summed E-state index contributed by atoms with van der Waals surface area (Å²) in [5.74, 6) is 3.15. The molecule has 5 rings (SSSR count). The maximum Gasteiger partial charge on any atom is 0.132 e. The molecule has 0 saturated carbocycles. The van der Waals surface area contributed by atoms with E-state index in [-0.39, 0.29) is 0 Å². The Hall–Kier alpha value is -4.24. The molecular formula is C29H22O3. The minimum atomic E-state index is -0.579. The highest BCUT2D eigenvalue weighted by atomic mass is 16.5. The first-order valence-corrected chi connectivity index (χ1v) is 10.4. The van der Waals surface area contributed by atoms with Gasteiger partial charge in [-0.2, -0.15) is 0 Å². The lowest BCUT2D eigenvalue weighted by Crippen LogP contribution is -2.34. The molecule has 1 heterocycles. The van der Waals surface area contributed by atoms with Gasteiger partial charge in [-0.05, 0) is 47.5 Å². The van der Waals surface area contributed by atoms with Crippen LogP contribution >= 0.6 is 0 Å². The van der Waals surface area contributed by atoms with E-state index < -0.39 is 5.41 Å². The Morgan fingerprint density at radius 1 is 0.562 bits per heavy atom. The third kappa shape index (κ3) is 3.07. The maximum absolute atomic E-state index is 6.32. The fourth-order valence-corrected chi connectivity index (χ4v) is 4.54. The van der Waals surface area contributed by atoms with Crippen LogP contribution < -0.4 is 14.2 Å². The quantitative estimate of drug-likeness (QED) is 0.273. The van der Waals surface area contributed by atoms with Crippen molar-refractivity contribution in [3.05, 3.63) is 145 Å². The topological polar surface area (TPSA) is 27.7 Å². The van der Waals surface area contributed by atoms with E-state index in [0.29, 0.717) is 0 Å². The van der Waals surface area contributed by atoms with Crippen molar-refractivity contribution in [3.63, 3.8) is 0 Å². The van der Waals surface area contributed by atoms with Gasteiger partial charge in [0.15, 0.2) is 0 Å². The molecule has 0 N–H and O–H groups in total. The molecule has 3 heteroatoms. The molecule has 0 saturated heterocycles. The lowest BCUT2D eigenvalue weighted by Gasteiger charge is -2.41. The molecule has 0 spiro atoms. The van der Waals surface area contributed by atoms with Crippen LogP contribution in [0.15, 0.2) is 123 Å². The van der Waals surface area contributed by atoms with E-state index in [0.717, 1.165) is 45.3 Å². The van der Waals surface area contributed by atoms with Gasteiger partial charge in [-0.1, -0.05) is 73.8 Å². The van der Waals surface area contributed by atoms with E-state index in [9.17, 15) is 0 Å². The molecule has 0 fully saturated rings. The standard InChI is InChI=1S/C29H22O3/c1-3-30-23-17-13-21(14-18-23)29(22-15-19-24(20-16-22)31-4-2)25-9-5-7-11-27(25)32-28-12-8-6-10-26(28)29/h3-20H,1-2H2. The van der Waals surface area contributed by atoms with Crippen LogP contribution in [-0.4, -0.2) is 0 Å². The normalized spacial score (nSPS) is 13.1. The first kappa shape index (κ1) is 19.7. The number of ether oxygens (including phenoxy) is 3. The largest absolute Gasteiger partial charge is 0.466 e. The van der Waals surface area contributed by atoms with Crippen LogP contribution in [0.1, 0.15) is 22.3 Å². The zero-order chi connectivity index (χ0) is 22.0. The number of hydrogen-bond acceptors (Lipinski definition) is 3. The van der Waals surface area contributed by atoms with Crippen LogP contribution in [0.4, 0.5) is 0 Å². The second-order valence-electron chi connectivity index (χ2n) is 7.46. The van der Waals surface area contributed by atoms with Crippen LogP contribution in [0.25, 0.3) is 0 Å². The Morgan fingerprint density at radius 2 is 0.969 bits per heavy atom. The number of fused-ring (bicyclic) bond motifs is 2. The molecule has 1 aliphatic heterocycles. The van der Waals surface area contributed by atoms with Crippen LogP contribution in [0.2, 0.25) is 0 Å². The van der Waals surface area contributed by atoms with Crippen molar-refractivity contribution in [3.8, 4) is 23.0 Å². The van der Waals surface area contributed by atoms with Gasteiger partial charge in [0.25, 0.3) is 0 Å². The Balaban J connectivity index is 1.83. The summed E-state index contributed by atoms with van der Waals surface area (Å²) in [6, 6.07) is 32.7. The van der Waals surface area contributed by atoms with Crippen molar-refractivity contribution >= 4 is 0 Å². The molecule has 0 radical (unpaired) electrons. The smallest absolute Gasteiger partial charge is 0.132 e. The summed E-state index contributed by atoms with van der Waals surface area (Å²) in [4.78, 5) is 0. The van der Waals surface area contributed by atoms with E-state index in [4.69, 9.17) is 14.2 Å². The highest BCUT2D eigenvalue weighted by Gasteiger charge is 2.45. The number of rotatable bonds is 6. The Kier molecular flexibility index (Phi) is 5.00. The first-order chi connectivity index (χ1) is 15.8. The highest BCUT2D eigenvalue weighted by Crippen LogP contribution is 2.55. The summed E-state index contributed by atoms with van der Waals surface area (Å²) in [6.45, 7) is 7.31. The summed E-state index contributed by atoms with van der Waals surface area (Å²) in [6.07, 6.45) is 2.87. The van der Waals surface area contributed by atoms with Gasteiger partial charge in [-0.25, -0.2) is 0 Å². The number of hydrogen-bond donors (Lipinski definition) is 0. The molecule has 0 atom stereocenters. The average molecular weight is 418 g/mol. The van der Waals surface area contributed by atoms with Gasteiger partial charge in [0, 0.05) is 11.1 Å². The average Bonchev–Trinajstić information content (AvgIpc) is 2.84. The fraction of sp³-hybridized carbons (Fsp3) is 0.0345. The van der Waals surface area contributed by atoms with E-state index in [1.165, 1.54) is 12.5 Å². The molecule has 0 amide bonds. The molecule has 0 unspecified atom stereocenters. The molecule has 4 aromatic rings. The predicted molar refractivity (Wildman–Crippen MR) is 126 cm³/mol. The minimum Gasteiger partial charge on any atom is -0.466 e. The SMILES string of the molecule is C=COc1ccc(C2(c3ccc(OC=C)cc3)c3ccccc3Oc3ccccc32)cc1. The molecule has 3 nitrogen and oxygen atoms in total. The molecule has 0 bridgehead atoms. The van der Waals surface area contributed by atoms with E-state index in [1.54, 1.807) is 0 Å². The van der Waals surface area contributed by atoms with Crippen molar-refractivity contribution in [1.29, 1.82) is 0 Å². The van der Waals surface area contributed by atoms with Gasteiger partial charge in [-0.15, -0.1) is 0 Å². The first-order valence-electron chi connectivity index (χ1n) is 10.4. The Morgan fingerprint density at radius 3 is 1.38 bits per heavy atom. The highest BCUT2D eigenvalue weighted by molar-refractivity contribution is 5.69. The monoisotopic (exact) mass is 418 g/mol. The van der Waals surface area contributed by atoms with Crippen molar-refractivity contribution in [1.82, 2.24) is 0 Å². The van der Waals surface area contributed by atoms with Crippen molar-refractivity contribution in [2.45, 2.75) is 5.41 Å². The van der Waals surface area contributed by atoms with Gasteiger partial charge in [0.1, 0.15) is 23.0 Å². The van der Waals surface area contributed by atoms with E-state index in [1.807, 2.05) is 48.5 Å². The second kappa shape index (κ2) is 8.12. The lowest BCUT2D eigenvalue weighted by molar-refractivity contribution is 0.434. The molecule has 32 heavy (non-hydrogen) atoms. The molecule has 156 valence electrons. The van der Waals surface area contributed by atoms with Gasteiger partial charge >= 0.3 is 0 Å². The van der Waals surface area contributed by atoms with Crippen LogP contribution in [0.5, 0.6) is 23.0 Å². The van der Waals surface area contributed by atoms with Gasteiger partial charge in [0.05, 0.1) is 17.9 Å². The summed E-state index contributed by atoms with van der Waals surface area (Å²) in [5.41, 5.74) is 3.79. The number of para-hydroxylation sites is 2. The Labute approximate surface area is 187 Å². The minimum absolute atomic E-state index is 0.579. The van der Waals surface area contributed by atoms with E-state index in [2.05, 4.69) is 61.7 Å². The summed E-state index contributed by atoms with van der Waals surface area (Å²) < 4.78 is 17.3. The van der Waals surface area contributed by atoms with Crippen LogP contribution in [0.3, 0.4) is 0 Å². The Bertz CT molecular complexity index is 1170. The van der Waals surface area contributed by atoms with Crippen molar-refractivity contribution < 1.29 is 14.2 Å². The van der Waals surface area contributed by atoms with Gasteiger partial charge < -0.3 is 14.2 Å².